The number of hydrogen-bond donors (Lipinski definition) is 3. The summed E-state index contributed by atoms with van der Waals surface area (Å²) in [5, 5.41) is 3.13. The van der Waals surface area contributed by atoms with Gasteiger partial charge in [0.2, 0.25) is 5.91 Å². The van der Waals surface area contributed by atoms with Crippen molar-refractivity contribution < 1.29 is 4.79 Å². The average Bonchev–Trinajstić information content (AvgIpc) is 2.76. The van der Waals surface area contributed by atoms with Crippen LogP contribution in [0.3, 0.4) is 0 Å². The minimum atomic E-state index is -0.307. The van der Waals surface area contributed by atoms with E-state index in [9.17, 15) is 4.79 Å². The third kappa shape index (κ3) is 3.19. The lowest BCUT2D eigenvalue weighted by Crippen LogP contribution is -2.56. The standard InChI is InChI=1S/C13H27N3O/c1-9(2)13(3,8-15)16-12(17)11-6-4-5-10(11)7-14/h9-11H,4-8,14-15H2,1-3H3,(H,16,17)/t10-,11-,13?/m1/s1. The topological polar surface area (TPSA) is 81.1 Å². The molecule has 100 valence electrons. The molecule has 1 fully saturated rings. The van der Waals surface area contributed by atoms with Gasteiger partial charge in [0, 0.05) is 12.5 Å². The first-order chi connectivity index (χ1) is 7.94. The van der Waals surface area contributed by atoms with E-state index in [1.807, 2.05) is 6.92 Å². The van der Waals surface area contributed by atoms with E-state index in [-0.39, 0.29) is 17.4 Å². The van der Waals surface area contributed by atoms with Gasteiger partial charge in [-0.25, -0.2) is 0 Å². The van der Waals surface area contributed by atoms with Crippen molar-refractivity contribution in [3.63, 3.8) is 0 Å². The minimum absolute atomic E-state index is 0.0876. The zero-order chi connectivity index (χ0) is 13.1. The van der Waals surface area contributed by atoms with E-state index in [2.05, 4.69) is 19.2 Å². The van der Waals surface area contributed by atoms with E-state index in [0.29, 0.717) is 24.9 Å². The summed E-state index contributed by atoms with van der Waals surface area (Å²) < 4.78 is 0. The Morgan fingerprint density at radius 3 is 2.53 bits per heavy atom. The van der Waals surface area contributed by atoms with Gasteiger partial charge in [0.05, 0.1) is 5.54 Å². The molecule has 5 N–H and O–H groups in total. The van der Waals surface area contributed by atoms with Crippen molar-refractivity contribution in [3.05, 3.63) is 0 Å². The summed E-state index contributed by atoms with van der Waals surface area (Å²) in [7, 11) is 0. The molecule has 0 aromatic rings. The Labute approximate surface area is 105 Å². The molecule has 0 aromatic heterocycles. The first kappa shape index (κ1) is 14.5. The number of nitrogens with one attached hydrogen (secondary N) is 1. The van der Waals surface area contributed by atoms with Crippen molar-refractivity contribution in [3.8, 4) is 0 Å². The lowest BCUT2D eigenvalue weighted by molar-refractivity contribution is -0.128. The molecule has 0 radical (unpaired) electrons. The molecule has 0 aromatic carbocycles. The highest BCUT2D eigenvalue weighted by Crippen LogP contribution is 2.31. The van der Waals surface area contributed by atoms with Crippen molar-refractivity contribution in [1.82, 2.24) is 5.32 Å². The Morgan fingerprint density at radius 2 is 2.06 bits per heavy atom. The van der Waals surface area contributed by atoms with Gasteiger partial charge in [-0.3, -0.25) is 4.79 Å². The predicted octanol–water partition coefficient (Wildman–Crippen LogP) is 0.851. The maximum atomic E-state index is 12.3. The Kier molecular flexibility index (Phi) is 4.95. The number of hydrogen-bond acceptors (Lipinski definition) is 3. The zero-order valence-electron chi connectivity index (χ0n) is 11.3. The van der Waals surface area contributed by atoms with Crippen LogP contribution in [0.25, 0.3) is 0 Å². The fourth-order valence-electron chi connectivity index (χ4n) is 2.47. The van der Waals surface area contributed by atoms with Crippen molar-refractivity contribution in [2.45, 2.75) is 45.6 Å². The summed E-state index contributed by atoms with van der Waals surface area (Å²) in [6, 6.07) is 0. The lowest BCUT2D eigenvalue weighted by atomic mass is 9.86. The number of rotatable bonds is 5. The summed E-state index contributed by atoms with van der Waals surface area (Å²) in [4.78, 5) is 12.3. The van der Waals surface area contributed by atoms with Crippen molar-refractivity contribution in [2.75, 3.05) is 13.1 Å². The second kappa shape index (κ2) is 5.83. The molecule has 0 spiro atoms. The number of carbonyl (C=O) groups is 1. The molecule has 0 saturated heterocycles. The Morgan fingerprint density at radius 1 is 1.41 bits per heavy atom. The molecule has 1 unspecified atom stereocenters. The monoisotopic (exact) mass is 241 g/mol. The van der Waals surface area contributed by atoms with Crippen molar-refractivity contribution in [1.29, 1.82) is 0 Å². The molecule has 0 aliphatic heterocycles. The van der Waals surface area contributed by atoms with Gasteiger partial charge in [-0.2, -0.15) is 0 Å². The second-order valence-corrected chi connectivity index (χ2v) is 5.80. The highest BCUT2D eigenvalue weighted by Gasteiger charge is 2.36. The van der Waals surface area contributed by atoms with Crippen LogP contribution in [0.15, 0.2) is 0 Å². The first-order valence-electron chi connectivity index (χ1n) is 6.66. The number of amides is 1. The van der Waals surface area contributed by atoms with Crippen molar-refractivity contribution in [2.24, 2.45) is 29.2 Å². The Balaban J connectivity index is 2.64. The van der Waals surface area contributed by atoms with Gasteiger partial charge >= 0.3 is 0 Å². The maximum Gasteiger partial charge on any atom is 0.223 e. The summed E-state index contributed by atoms with van der Waals surface area (Å²) in [5.74, 6) is 0.905. The maximum absolute atomic E-state index is 12.3. The van der Waals surface area contributed by atoms with Gasteiger partial charge in [0.15, 0.2) is 0 Å². The Hall–Kier alpha value is -0.610. The molecule has 1 rings (SSSR count). The molecule has 1 amide bonds. The van der Waals surface area contributed by atoms with Crippen molar-refractivity contribution >= 4 is 5.91 Å². The minimum Gasteiger partial charge on any atom is -0.349 e. The van der Waals surface area contributed by atoms with Gasteiger partial charge in [-0.1, -0.05) is 20.3 Å². The van der Waals surface area contributed by atoms with E-state index in [1.54, 1.807) is 0 Å². The van der Waals surface area contributed by atoms with Crippen LogP contribution in [-0.4, -0.2) is 24.5 Å². The van der Waals surface area contributed by atoms with Crippen LogP contribution in [0.5, 0.6) is 0 Å². The first-order valence-corrected chi connectivity index (χ1v) is 6.66. The average molecular weight is 241 g/mol. The predicted molar refractivity (Wildman–Crippen MR) is 70.3 cm³/mol. The second-order valence-electron chi connectivity index (χ2n) is 5.80. The summed E-state index contributed by atoms with van der Waals surface area (Å²) in [6.07, 6.45) is 3.16. The molecule has 4 nitrogen and oxygen atoms in total. The fraction of sp³-hybridized carbons (Fsp3) is 0.923. The number of nitrogens with two attached hydrogens (primary N) is 2. The molecule has 1 aliphatic carbocycles. The molecule has 1 aliphatic rings. The van der Waals surface area contributed by atoms with E-state index >= 15 is 0 Å². The van der Waals surface area contributed by atoms with Crippen LogP contribution >= 0.6 is 0 Å². The van der Waals surface area contributed by atoms with Crippen LogP contribution in [0, 0.1) is 17.8 Å². The SMILES string of the molecule is CC(C)C(C)(CN)NC(=O)[C@@H]1CCC[C@@H]1CN. The van der Waals surface area contributed by atoms with E-state index in [1.165, 1.54) is 0 Å². The van der Waals surface area contributed by atoms with Gasteiger partial charge in [-0.05, 0) is 38.1 Å². The smallest absolute Gasteiger partial charge is 0.223 e. The molecule has 0 heterocycles. The molecular formula is C13H27N3O. The molecule has 17 heavy (non-hydrogen) atoms. The Bertz CT molecular complexity index is 267. The fourth-order valence-corrected chi connectivity index (χ4v) is 2.47. The number of carbonyl (C=O) groups excluding carboxylic acids is 1. The summed E-state index contributed by atoms with van der Waals surface area (Å²) in [6.45, 7) is 7.27. The van der Waals surface area contributed by atoms with E-state index < -0.39 is 0 Å². The van der Waals surface area contributed by atoms with Crippen LogP contribution in [0.2, 0.25) is 0 Å². The highest BCUT2D eigenvalue weighted by molar-refractivity contribution is 5.80. The highest BCUT2D eigenvalue weighted by atomic mass is 16.2. The largest absolute Gasteiger partial charge is 0.349 e. The third-order valence-corrected chi connectivity index (χ3v) is 4.41. The van der Waals surface area contributed by atoms with Crippen LogP contribution < -0.4 is 16.8 Å². The molecule has 4 heteroatoms. The lowest BCUT2D eigenvalue weighted by Gasteiger charge is -2.35. The third-order valence-electron chi connectivity index (χ3n) is 4.41. The summed E-state index contributed by atoms with van der Waals surface area (Å²) >= 11 is 0. The van der Waals surface area contributed by atoms with Gasteiger partial charge in [-0.15, -0.1) is 0 Å². The van der Waals surface area contributed by atoms with E-state index in [4.69, 9.17) is 11.5 Å². The van der Waals surface area contributed by atoms with E-state index in [0.717, 1.165) is 19.3 Å². The van der Waals surface area contributed by atoms with Gasteiger partial charge in [0.25, 0.3) is 0 Å². The van der Waals surface area contributed by atoms with Crippen LogP contribution in [0.4, 0.5) is 0 Å². The van der Waals surface area contributed by atoms with Crippen LogP contribution in [0.1, 0.15) is 40.0 Å². The molecule has 3 atom stereocenters. The zero-order valence-corrected chi connectivity index (χ0v) is 11.3. The van der Waals surface area contributed by atoms with Gasteiger partial charge < -0.3 is 16.8 Å². The quantitative estimate of drug-likeness (QED) is 0.667. The molecular weight excluding hydrogens is 214 g/mol. The van der Waals surface area contributed by atoms with Gasteiger partial charge in [0.1, 0.15) is 0 Å². The normalized spacial score (nSPS) is 28.1. The molecule has 0 bridgehead atoms. The molecule has 1 saturated carbocycles. The summed E-state index contributed by atoms with van der Waals surface area (Å²) in [5.41, 5.74) is 11.2. The van der Waals surface area contributed by atoms with Crippen LogP contribution in [-0.2, 0) is 4.79 Å².